The number of hydrogen-bond donors (Lipinski definition) is 2. The van der Waals surface area contributed by atoms with E-state index in [1.54, 1.807) is 11.8 Å². The van der Waals surface area contributed by atoms with Crippen molar-refractivity contribution in [2.24, 2.45) is 17.8 Å². The summed E-state index contributed by atoms with van der Waals surface area (Å²) in [5.41, 5.74) is 0.522. The summed E-state index contributed by atoms with van der Waals surface area (Å²) < 4.78 is 0. The normalized spacial score (nSPS) is 29.4. The van der Waals surface area contributed by atoms with Crippen LogP contribution in [0.5, 0.6) is 0 Å². The molecule has 2 N–H and O–H groups in total. The molecule has 4 saturated carbocycles. The first-order valence-electron chi connectivity index (χ1n) is 10.5. The monoisotopic (exact) mass is 406 g/mol. The van der Waals surface area contributed by atoms with Gasteiger partial charge in [-0.2, -0.15) is 0 Å². The van der Waals surface area contributed by atoms with Gasteiger partial charge in [-0.05, 0) is 80.5 Å². The lowest BCUT2D eigenvalue weighted by Gasteiger charge is -2.56. The topological polar surface area (TPSA) is 58.2 Å². The summed E-state index contributed by atoms with van der Waals surface area (Å²) in [6.07, 6.45) is 7.05. The Morgan fingerprint density at radius 3 is 2.03 bits per heavy atom. The molecule has 0 spiro atoms. The molecule has 2 aromatic rings. The molecule has 5 heteroatoms. The van der Waals surface area contributed by atoms with Crippen LogP contribution in [0.15, 0.2) is 64.4 Å². The van der Waals surface area contributed by atoms with Crippen molar-refractivity contribution in [1.82, 2.24) is 5.32 Å². The highest BCUT2D eigenvalue weighted by Crippen LogP contribution is 2.55. The van der Waals surface area contributed by atoms with E-state index in [0.717, 1.165) is 46.8 Å². The van der Waals surface area contributed by atoms with Crippen LogP contribution >= 0.6 is 11.8 Å². The molecule has 0 aliphatic heterocycles. The molecule has 6 rings (SSSR count). The molecule has 4 fully saturated rings. The molecule has 29 heavy (non-hydrogen) atoms. The first-order valence-corrected chi connectivity index (χ1v) is 11.4. The number of hydrogen-bond acceptors (Lipinski definition) is 3. The maximum Gasteiger partial charge on any atom is 0.313 e. The molecular weight excluding hydrogens is 380 g/mol. The van der Waals surface area contributed by atoms with Gasteiger partial charge in [0.1, 0.15) is 0 Å². The Morgan fingerprint density at radius 2 is 1.38 bits per heavy atom. The molecule has 0 radical (unpaired) electrons. The van der Waals surface area contributed by atoms with Crippen LogP contribution in [0.3, 0.4) is 0 Å². The molecule has 0 aromatic heterocycles. The predicted octanol–water partition coefficient (Wildman–Crippen LogP) is 4.86. The van der Waals surface area contributed by atoms with Crippen LogP contribution in [0.2, 0.25) is 0 Å². The predicted molar refractivity (Wildman–Crippen MR) is 115 cm³/mol. The third kappa shape index (κ3) is 3.93. The van der Waals surface area contributed by atoms with Gasteiger partial charge in [0.2, 0.25) is 0 Å². The van der Waals surface area contributed by atoms with Crippen molar-refractivity contribution in [3.05, 3.63) is 54.6 Å². The Morgan fingerprint density at radius 1 is 0.793 bits per heavy atom. The quantitative estimate of drug-likeness (QED) is 0.713. The molecular formula is C24H26N2O2S. The number of carbonyl (C=O) groups excluding carboxylic acids is 2. The van der Waals surface area contributed by atoms with Crippen LogP contribution in [-0.4, -0.2) is 17.4 Å². The van der Waals surface area contributed by atoms with Gasteiger partial charge in [0, 0.05) is 15.3 Å². The maximum absolute atomic E-state index is 12.8. The van der Waals surface area contributed by atoms with E-state index in [1.165, 1.54) is 19.3 Å². The molecule has 2 aromatic carbocycles. The summed E-state index contributed by atoms with van der Waals surface area (Å²) in [6, 6.07) is 17.6. The zero-order chi connectivity index (χ0) is 19.8. The summed E-state index contributed by atoms with van der Waals surface area (Å²) in [7, 11) is 0. The first-order chi connectivity index (χ1) is 14.1. The van der Waals surface area contributed by atoms with Crippen molar-refractivity contribution in [1.29, 1.82) is 0 Å². The third-order valence-corrected chi connectivity index (χ3v) is 7.81. The number of para-hydroxylation sites is 1. The van der Waals surface area contributed by atoms with Crippen LogP contribution in [-0.2, 0) is 9.59 Å². The summed E-state index contributed by atoms with van der Waals surface area (Å²) in [6.45, 7) is 0. The van der Waals surface area contributed by atoms with Crippen LogP contribution in [0.1, 0.15) is 38.5 Å². The zero-order valence-electron chi connectivity index (χ0n) is 16.4. The smallest absolute Gasteiger partial charge is 0.313 e. The van der Waals surface area contributed by atoms with Crippen LogP contribution in [0.25, 0.3) is 0 Å². The Kier molecular flexibility index (Phi) is 4.86. The van der Waals surface area contributed by atoms with E-state index in [1.807, 2.05) is 54.6 Å². The second-order valence-corrected chi connectivity index (χ2v) is 10.1. The lowest BCUT2D eigenvalue weighted by Crippen LogP contribution is -2.61. The van der Waals surface area contributed by atoms with Crippen molar-refractivity contribution < 1.29 is 9.59 Å². The molecule has 4 nitrogen and oxygen atoms in total. The van der Waals surface area contributed by atoms with Crippen LogP contribution in [0, 0.1) is 17.8 Å². The molecule has 4 aliphatic carbocycles. The van der Waals surface area contributed by atoms with Gasteiger partial charge in [0.25, 0.3) is 0 Å². The number of carbonyl (C=O) groups is 2. The van der Waals surface area contributed by atoms with Crippen molar-refractivity contribution in [3.63, 3.8) is 0 Å². The highest BCUT2D eigenvalue weighted by atomic mass is 32.2. The fourth-order valence-corrected chi connectivity index (χ4v) is 6.94. The highest BCUT2D eigenvalue weighted by molar-refractivity contribution is 7.99. The van der Waals surface area contributed by atoms with Gasteiger partial charge >= 0.3 is 11.8 Å². The molecule has 2 amide bonds. The largest absolute Gasteiger partial charge is 0.342 e. The molecule has 4 aliphatic rings. The molecule has 150 valence electrons. The van der Waals surface area contributed by atoms with Gasteiger partial charge in [-0.3, -0.25) is 9.59 Å². The average molecular weight is 407 g/mol. The number of rotatable bonds is 4. The molecule has 0 atom stereocenters. The highest BCUT2D eigenvalue weighted by Gasteiger charge is 2.51. The van der Waals surface area contributed by atoms with E-state index in [4.69, 9.17) is 0 Å². The molecule has 0 unspecified atom stereocenters. The minimum atomic E-state index is -0.568. The van der Waals surface area contributed by atoms with Gasteiger partial charge in [0.15, 0.2) is 0 Å². The second-order valence-electron chi connectivity index (χ2n) is 9.02. The van der Waals surface area contributed by atoms with E-state index in [2.05, 4.69) is 10.6 Å². The minimum Gasteiger partial charge on any atom is -0.342 e. The average Bonchev–Trinajstić information content (AvgIpc) is 2.69. The second kappa shape index (κ2) is 7.52. The lowest BCUT2D eigenvalue weighted by atomic mass is 9.53. The van der Waals surface area contributed by atoms with E-state index < -0.39 is 11.8 Å². The van der Waals surface area contributed by atoms with Crippen molar-refractivity contribution in [2.45, 2.75) is 53.9 Å². The van der Waals surface area contributed by atoms with Gasteiger partial charge in [-0.15, -0.1) is 0 Å². The number of anilines is 1. The Hall–Kier alpha value is -2.27. The standard InChI is InChI=1S/C24H26N2O2S/c27-22(23(28)26-24-13-16-10-17(14-24)12-18(11-16)15-24)25-20-8-4-5-9-21(20)29-19-6-2-1-3-7-19/h1-9,16-18H,10-15H2,(H,25,27)(H,26,28). The fraction of sp³-hybridized carbons (Fsp3) is 0.417. The summed E-state index contributed by atoms with van der Waals surface area (Å²) >= 11 is 1.58. The summed E-state index contributed by atoms with van der Waals surface area (Å²) in [5, 5.41) is 6.00. The Bertz CT molecular complexity index is 892. The summed E-state index contributed by atoms with van der Waals surface area (Å²) in [5.74, 6) is 1.13. The van der Waals surface area contributed by atoms with Gasteiger partial charge in [-0.1, -0.05) is 42.1 Å². The van der Waals surface area contributed by atoms with E-state index in [-0.39, 0.29) is 5.54 Å². The fourth-order valence-electron chi connectivity index (χ4n) is 6.01. The van der Waals surface area contributed by atoms with Gasteiger partial charge in [0.05, 0.1) is 5.69 Å². The van der Waals surface area contributed by atoms with E-state index in [0.29, 0.717) is 5.69 Å². The van der Waals surface area contributed by atoms with Crippen LogP contribution in [0.4, 0.5) is 5.69 Å². The Labute approximate surface area is 175 Å². The van der Waals surface area contributed by atoms with Crippen molar-refractivity contribution >= 4 is 29.3 Å². The van der Waals surface area contributed by atoms with Crippen molar-refractivity contribution in [3.8, 4) is 0 Å². The van der Waals surface area contributed by atoms with E-state index in [9.17, 15) is 9.59 Å². The first kappa shape index (κ1) is 18.7. The SMILES string of the molecule is O=C(Nc1ccccc1Sc1ccccc1)C(=O)NC12CC3CC(CC(C3)C1)C2. The maximum atomic E-state index is 12.8. The lowest BCUT2D eigenvalue weighted by molar-refractivity contribution is -0.139. The zero-order valence-corrected chi connectivity index (χ0v) is 17.2. The molecule has 0 saturated heterocycles. The molecule has 0 heterocycles. The minimum absolute atomic E-state index is 0.151. The molecule has 4 bridgehead atoms. The van der Waals surface area contributed by atoms with Gasteiger partial charge in [-0.25, -0.2) is 0 Å². The third-order valence-electron chi connectivity index (χ3n) is 6.73. The van der Waals surface area contributed by atoms with E-state index >= 15 is 0 Å². The summed E-state index contributed by atoms with van der Waals surface area (Å²) in [4.78, 5) is 27.5. The number of amides is 2. The van der Waals surface area contributed by atoms with Gasteiger partial charge < -0.3 is 10.6 Å². The van der Waals surface area contributed by atoms with Crippen molar-refractivity contribution in [2.75, 3.05) is 5.32 Å². The number of nitrogens with one attached hydrogen (secondary N) is 2. The number of benzene rings is 2. The Balaban J connectivity index is 1.27. The van der Waals surface area contributed by atoms with Crippen LogP contribution < -0.4 is 10.6 Å².